The van der Waals surface area contributed by atoms with E-state index in [1.165, 1.54) is 0 Å². The molecule has 0 radical (unpaired) electrons. The highest BCUT2D eigenvalue weighted by Gasteiger charge is 2.26. The van der Waals surface area contributed by atoms with Crippen LogP contribution in [-0.2, 0) is 0 Å². The van der Waals surface area contributed by atoms with Crippen molar-refractivity contribution in [3.05, 3.63) is 23.8 Å². The van der Waals surface area contributed by atoms with E-state index >= 15 is 0 Å². The molecule has 0 spiro atoms. The lowest BCUT2D eigenvalue weighted by molar-refractivity contribution is 0.0922. The monoisotopic (exact) mass is 300 g/mol. The van der Waals surface area contributed by atoms with Gasteiger partial charge in [0.25, 0.3) is 5.91 Å². The summed E-state index contributed by atoms with van der Waals surface area (Å²) >= 11 is 0. The number of rotatable bonds is 3. The molecule has 1 aromatic rings. The Morgan fingerprint density at radius 1 is 1.40 bits per heavy atom. The van der Waals surface area contributed by atoms with Crippen molar-refractivity contribution in [2.75, 3.05) is 26.4 Å². The summed E-state index contributed by atoms with van der Waals surface area (Å²) in [6.45, 7) is 1.88. The second-order valence-corrected chi connectivity index (χ2v) is 4.74. The number of ether oxygens (including phenoxy) is 2. The topological polar surface area (TPSA) is 79.8 Å². The normalized spacial score (nSPS) is 23.2. The molecule has 0 saturated carbocycles. The fourth-order valence-corrected chi connectivity index (χ4v) is 2.36. The van der Waals surface area contributed by atoms with Gasteiger partial charge in [0.05, 0.1) is 11.7 Å². The molecule has 2 heterocycles. The Morgan fingerprint density at radius 3 is 3.00 bits per heavy atom. The summed E-state index contributed by atoms with van der Waals surface area (Å²) in [7, 11) is 0. The van der Waals surface area contributed by atoms with E-state index in [-0.39, 0.29) is 31.0 Å². The van der Waals surface area contributed by atoms with Crippen molar-refractivity contribution >= 4 is 18.3 Å². The van der Waals surface area contributed by atoms with Crippen molar-refractivity contribution in [3.8, 4) is 11.5 Å². The molecule has 3 N–H and O–H groups in total. The molecule has 0 aliphatic carbocycles. The zero-order valence-electron chi connectivity index (χ0n) is 10.8. The van der Waals surface area contributed by atoms with Gasteiger partial charge in [-0.15, -0.1) is 12.4 Å². The number of carbonyl (C=O) groups is 1. The Hall–Kier alpha value is -1.50. The van der Waals surface area contributed by atoms with E-state index in [2.05, 4.69) is 10.6 Å². The van der Waals surface area contributed by atoms with Crippen molar-refractivity contribution in [2.24, 2.45) is 5.92 Å². The van der Waals surface area contributed by atoms with E-state index in [9.17, 15) is 9.90 Å². The molecule has 110 valence electrons. The standard InChI is InChI=1S/C13H16N2O4.ClH/c16-10-6-14-4-8(10)5-15-13(17)9-2-1-3-11-12(9)19-7-18-11;/h1-3,8,10,14,16H,4-7H2,(H,15,17);1H. The van der Waals surface area contributed by atoms with Crippen molar-refractivity contribution in [2.45, 2.75) is 6.10 Å². The van der Waals surface area contributed by atoms with Gasteiger partial charge in [0.2, 0.25) is 6.79 Å². The summed E-state index contributed by atoms with van der Waals surface area (Å²) in [4.78, 5) is 12.1. The maximum atomic E-state index is 12.1. The average molecular weight is 301 g/mol. The number of hydrogen-bond acceptors (Lipinski definition) is 5. The number of para-hydroxylation sites is 1. The summed E-state index contributed by atoms with van der Waals surface area (Å²) in [6.07, 6.45) is -0.402. The first-order valence-corrected chi connectivity index (χ1v) is 6.31. The van der Waals surface area contributed by atoms with Gasteiger partial charge in [0, 0.05) is 25.6 Å². The summed E-state index contributed by atoms with van der Waals surface area (Å²) in [5, 5.41) is 15.6. The maximum absolute atomic E-state index is 12.1. The molecule has 2 atom stereocenters. The lowest BCUT2D eigenvalue weighted by Crippen LogP contribution is -2.34. The minimum atomic E-state index is -0.402. The molecule has 7 heteroatoms. The van der Waals surface area contributed by atoms with E-state index in [4.69, 9.17) is 9.47 Å². The van der Waals surface area contributed by atoms with Gasteiger partial charge < -0.3 is 25.2 Å². The van der Waals surface area contributed by atoms with Crippen LogP contribution in [0, 0.1) is 5.92 Å². The fourth-order valence-electron chi connectivity index (χ4n) is 2.36. The number of halogens is 1. The van der Waals surface area contributed by atoms with E-state index < -0.39 is 6.10 Å². The smallest absolute Gasteiger partial charge is 0.255 e. The Bertz CT molecular complexity index is 497. The molecule has 0 aromatic heterocycles. The first-order chi connectivity index (χ1) is 9.25. The van der Waals surface area contributed by atoms with Crippen LogP contribution < -0.4 is 20.1 Å². The van der Waals surface area contributed by atoms with Crippen LogP contribution in [0.1, 0.15) is 10.4 Å². The van der Waals surface area contributed by atoms with Crippen molar-refractivity contribution in [1.29, 1.82) is 0 Å². The molecule has 2 aliphatic rings. The molecule has 2 aliphatic heterocycles. The number of hydrogen-bond donors (Lipinski definition) is 3. The number of carbonyl (C=O) groups excluding carboxylic acids is 1. The molecule has 1 fully saturated rings. The largest absolute Gasteiger partial charge is 0.454 e. The molecule has 0 bridgehead atoms. The zero-order chi connectivity index (χ0) is 13.2. The Balaban J connectivity index is 0.00000147. The van der Waals surface area contributed by atoms with Crippen LogP contribution in [0.25, 0.3) is 0 Å². The number of aliphatic hydroxyl groups excluding tert-OH is 1. The third kappa shape index (κ3) is 2.82. The summed E-state index contributed by atoms with van der Waals surface area (Å²) in [6, 6.07) is 5.23. The number of benzene rings is 1. The summed E-state index contributed by atoms with van der Waals surface area (Å²) in [5.74, 6) is 0.930. The summed E-state index contributed by atoms with van der Waals surface area (Å²) < 4.78 is 10.5. The van der Waals surface area contributed by atoms with Crippen molar-refractivity contribution < 1.29 is 19.4 Å². The maximum Gasteiger partial charge on any atom is 0.255 e. The van der Waals surface area contributed by atoms with Gasteiger partial charge in [0.1, 0.15) is 0 Å². The zero-order valence-corrected chi connectivity index (χ0v) is 11.6. The minimum absolute atomic E-state index is 0. The highest BCUT2D eigenvalue weighted by molar-refractivity contribution is 5.97. The van der Waals surface area contributed by atoms with Gasteiger partial charge in [-0.05, 0) is 12.1 Å². The highest BCUT2D eigenvalue weighted by atomic mass is 35.5. The number of fused-ring (bicyclic) bond motifs is 1. The first-order valence-electron chi connectivity index (χ1n) is 6.31. The van der Waals surface area contributed by atoms with E-state index in [1.807, 2.05) is 0 Å². The molecule has 1 amide bonds. The molecule has 2 unspecified atom stereocenters. The Kier molecular flexibility index (Phi) is 4.69. The molecule has 1 aromatic carbocycles. The van der Waals surface area contributed by atoms with Gasteiger partial charge >= 0.3 is 0 Å². The van der Waals surface area contributed by atoms with Gasteiger partial charge in [0.15, 0.2) is 11.5 Å². The second kappa shape index (κ2) is 6.30. The van der Waals surface area contributed by atoms with Gasteiger partial charge in [-0.2, -0.15) is 0 Å². The molecule has 6 nitrogen and oxygen atoms in total. The predicted octanol–water partition coefficient (Wildman–Crippen LogP) is 0.147. The van der Waals surface area contributed by atoms with Gasteiger partial charge in [-0.3, -0.25) is 4.79 Å². The number of nitrogens with one attached hydrogen (secondary N) is 2. The fraction of sp³-hybridized carbons (Fsp3) is 0.462. The quantitative estimate of drug-likeness (QED) is 0.740. The molecule has 20 heavy (non-hydrogen) atoms. The number of aliphatic hydroxyl groups is 1. The van der Waals surface area contributed by atoms with Crippen LogP contribution in [0.3, 0.4) is 0 Å². The summed E-state index contributed by atoms with van der Waals surface area (Å²) in [5.41, 5.74) is 0.468. The molecule has 3 rings (SSSR count). The molecular formula is C13H17ClN2O4. The van der Waals surface area contributed by atoms with Crippen LogP contribution in [0.4, 0.5) is 0 Å². The van der Waals surface area contributed by atoms with Crippen molar-refractivity contribution in [1.82, 2.24) is 10.6 Å². The molecular weight excluding hydrogens is 284 g/mol. The third-order valence-corrected chi connectivity index (χ3v) is 3.47. The third-order valence-electron chi connectivity index (χ3n) is 3.47. The SMILES string of the molecule is Cl.O=C(NCC1CNCC1O)c1cccc2c1OCO2. The highest BCUT2D eigenvalue weighted by Crippen LogP contribution is 2.35. The van der Waals surface area contributed by atoms with E-state index in [0.717, 1.165) is 0 Å². The Labute approximate surface area is 122 Å². The number of β-amino-alcohol motifs (C(OH)–C–C–N with tert-alkyl or cyclic N) is 1. The average Bonchev–Trinajstić information content (AvgIpc) is 3.04. The van der Waals surface area contributed by atoms with Crippen molar-refractivity contribution in [3.63, 3.8) is 0 Å². The van der Waals surface area contributed by atoms with Crippen LogP contribution in [0.2, 0.25) is 0 Å². The van der Waals surface area contributed by atoms with Crippen LogP contribution >= 0.6 is 12.4 Å². The van der Waals surface area contributed by atoms with E-state index in [1.54, 1.807) is 18.2 Å². The molecule has 1 saturated heterocycles. The predicted molar refractivity (Wildman–Crippen MR) is 74.5 cm³/mol. The van der Waals surface area contributed by atoms with Crippen LogP contribution in [0.15, 0.2) is 18.2 Å². The minimum Gasteiger partial charge on any atom is -0.454 e. The Morgan fingerprint density at radius 2 is 2.25 bits per heavy atom. The first kappa shape index (κ1) is 14.9. The van der Waals surface area contributed by atoms with Gasteiger partial charge in [-0.25, -0.2) is 0 Å². The van der Waals surface area contributed by atoms with Crippen LogP contribution in [0.5, 0.6) is 11.5 Å². The lowest BCUT2D eigenvalue weighted by atomic mass is 10.1. The lowest BCUT2D eigenvalue weighted by Gasteiger charge is -2.14. The van der Waals surface area contributed by atoms with Crippen LogP contribution in [-0.4, -0.2) is 43.5 Å². The second-order valence-electron chi connectivity index (χ2n) is 4.74. The number of amides is 1. The van der Waals surface area contributed by atoms with Gasteiger partial charge in [-0.1, -0.05) is 6.07 Å². The van der Waals surface area contributed by atoms with E-state index in [0.29, 0.717) is 36.7 Å².